The topological polar surface area (TPSA) is 74.6 Å². The molecule has 6 heteroatoms. The number of hydrogen-bond donors (Lipinski definition) is 2. The summed E-state index contributed by atoms with van der Waals surface area (Å²) in [6, 6.07) is 7.70. The maximum Gasteiger partial charge on any atom is 0.233 e. The molecule has 2 rings (SSSR count). The Morgan fingerprint density at radius 3 is 2.74 bits per heavy atom. The van der Waals surface area contributed by atoms with E-state index in [1.54, 1.807) is 0 Å². The first-order chi connectivity index (χ1) is 9.04. The number of amides is 1. The third-order valence-electron chi connectivity index (χ3n) is 2.28. The van der Waals surface area contributed by atoms with Crippen molar-refractivity contribution >= 4 is 34.3 Å². The van der Waals surface area contributed by atoms with Crippen molar-refractivity contribution in [2.75, 3.05) is 5.32 Å². The molecule has 5 nitrogen and oxygen atoms in total. The molecule has 2 N–H and O–H groups in total. The van der Waals surface area contributed by atoms with Gasteiger partial charge in [-0.05, 0) is 19.1 Å². The fourth-order valence-electron chi connectivity index (χ4n) is 1.38. The Balaban J connectivity index is 2.16. The lowest BCUT2D eigenvalue weighted by atomic mass is 10.2. The number of rotatable bonds is 3. The van der Waals surface area contributed by atoms with Gasteiger partial charge in [0.05, 0.1) is 11.9 Å². The van der Waals surface area contributed by atoms with E-state index in [-0.39, 0.29) is 11.8 Å². The van der Waals surface area contributed by atoms with Crippen molar-refractivity contribution in [3.05, 3.63) is 34.7 Å². The van der Waals surface area contributed by atoms with Gasteiger partial charge in [-0.1, -0.05) is 29.0 Å². The Hall–Kier alpha value is -2.21. The minimum atomic E-state index is -0.226. The maximum atomic E-state index is 10.9. The van der Waals surface area contributed by atoms with Gasteiger partial charge in [0, 0.05) is 6.92 Å². The lowest BCUT2D eigenvalue weighted by Gasteiger charge is -1.93. The molecule has 0 unspecified atom stereocenters. The summed E-state index contributed by atoms with van der Waals surface area (Å²) in [5, 5.41) is 12.5. The number of benzene rings is 1. The molecular weight excluding hydrogens is 262 g/mol. The van der Waals surface area contributed by atoms with Gasteiger partial charge in [0.25, 0.3) is 0 Å². The van der Waals surface area contributed by atoms with Crippen LogP contribution in [0.2, 0.25) is 0 Å². The SMILES string of the molecule is CC(=O)Nc1nc(O)c(C=Nc2ccc(C)cc2)s1. The van der Waals surface area contributed by atoms with Crippen LogP contribution in [-0.2, 0) is 4.79 Å². The molecule has 0 saturated heterocycles. The highest BCUT2D eigenvalue weighted by Crippen LogP contribution is 2.26. The first kappa shape index (κ1) is 13.2. The van der Waals surface area contributed by atoms with Crippen molar-refractivity contribution < 1.29 is 9.90 Å². The molecular formula is C13H13N3O2S. The highest BCUT2D eigenvalue weighted by atomic mass is 32.1. The summed E-state index contributed by atoms with van der Waals surface area (Å²) in [5.74, 6) is -0.361. The molecule has 0 bridgehead atoms. The van der Waals surface area contributed by atoms with Crippen LogP contribution < -0.4 is 5.32 Å². The standard InChI is InChI=1S/C13H13N3O2S/c1-8-3-5-10(6-4-8)14-7-11-12(18)16-13(19-11)15-9(2)17/h3-7,18H,1-2H3,(H,15,16,17). The zero-order valence-corrected chi connectivity index (χ0v) is 11.4. The molecule has 1 aromatic heterocycles. The second-order valence-electron chi connectivity index (χ2n) is 3.98. The highest BCUT2D eigenvalue weighted by Gasteiger charge is 2.08. The van der Waals surface area contributed by atoms with E-state index < -0.39 is 0 Å². The van der Waals surface area contributed by atoms with E-state index in [1.165, 1.54) is 24.5 Å². The number of aromatic nitrogens is 1. The number of aryl methyl sites for hydroxylation is 1. The number of nitrogens with zero attached hydrogens (tertiary/aromatic N) is 2. The average molecular weight is 275 g/mol. The Labute approximate surface area is 114 Å². The van der Waals surface area contributed by atoms with Crippen LogP contribution in [0.3, 0.4) is 0 Å². The molecule has 0 aliphatic rings. The van der Waals surface area contributed by atoms with E-state index in [1.807, 2.05) is 31.2 Å². The van der Waals surface area contributed by atoms with Crippen LogP contribution in [-0.4, -0.2) is 22.2 Å². The minimum Gasteiger partial charge on any atom is -0.492 e. The normalized spacial score (nSPS) is 10.8. The maximum absolute atomic E-state index is 10.9. The summed E-state index contributed by atoms with van der Waals surface area (Å²) < 4.78 is 0. The third-order valence-corrected chi connectivity index (χ3v) is 3.18. The van der Waals surface area contributed by atoms with E-state index >= 15 is 0 Å². The molecule has 1 heterocycles. The Morgan fingerprint density at radius 2 is 2.11 bits per heavy atom. The van der Waals surface area contributed by atoms with Crippen LogP contribution in [0.25, 0.3) is 0 Å². The van der Waals surface area contributed by atoms with E-state index in [0.717, 1.165) is 11.3 Å². The summed E-state index contributed by atoms with van der Waals surface area (Å²) in [6.45, 7) is 3.39. The van der Waals surface area contributed by atoms with Gasteiger partial charge < -0.3 is 10.4 Å². The van der Waals surface area contributed by atoms with Crippen molar-refractivity contribution in [3.63, 3.8) is 0 Å². The Kier molecular flexibility index (Phi) is 3.91. The predicted octanol–water partition coefficient (Wildman–Crippen LogP) is 2.87. The minimum absolute atomic E-state index is 0.135. The van der Waals surface area contributed by atoms with Gasteiger partial charge in [0.2, 0.25) is 11.8 Å². The summed E-state index contributed by atoms with van der Waals surface area (Å²) >= 11 is 1.17. The molecule has 1 aromatic carbocycles. The number of carbonyl (C=O) groups excluding carboxylic acids is 1. The molecule has 2 aromatic rings. The van der Waals surface area contributed by atoms with Gasteiger partial charge in [-0.25, -0.2) is 0 Å². The van der Waals surface area contributed by atoms with Crippen LogP contribution >= 0.6 is 11.3 Å². The molecule has 98 valence electrons. The van der Waals surface area contributed by atoms with Crippen molar-refractivity contribution in [1.82, 2.24) is 4.98 Å². The molecule has 0 saturated carbocycles. The summed E-state index contributed by atoms with van der Waals surface area (Å²) in [6.07, 6.45) is 1.53. The van der Waals surface area contributed by atoms with E-state index in [9.17, 15) is 9.90 Å². The summed E-state index contributed by atoms with van der Waals surface area (Å²) in [5.41, 5.74) is 1.95. The fraction of sp³-hybridized carbons (Fsp3) is 0.154. The molecule has 0 atom stereocenters. The highest BCUT2D eigenvalue weighted by molar-refractivity contribution is 7.17. The van der Waals surface area contributed by atoms with Gasteiger partial charge in [0.1, 0.15) is 4.88 Å². The van der Waals surface area contributed by atoms with Gasteiger partial charge in [-0.2, -0.15) is 4.98 Å². The van der Waals surface area contributed by atoms with Crippen LogP contribution in [0.1, 0.15) is 17.4 Å². The van der Waals surface area contributed by atoms with Gasteiger partial charge in [-0.3, -0.25) is 9.79 Å². The quantitative estimate of drug-likeness (QED) is 0.846. The van der Waals surface area contributed by atoms with E-state index in [4.69, 9.17) is 0 Å². The van der Waals surface area contributed by atoms with Gasteiger partial charge in [-0.15, -0.1) is 0 Å². The van der Waals surface area contributed by atoms with Crippen molar-refractivity contribution in [2.24, 2.45) is 4.99 Å². The third kappa shape index (κ3) is 3.62. The first-order valence-corrected chi connectivity index (χ1v) is 6.44. The predicted molar refractivity (Wildman–Crippen MR) is 76.5 cm³/mol. The van der Waals surface area contributed by atoms with Gasteiger partial charge >= 0.3 is 0 Å². The molecule has 0 radical (unpaired) electrons. The van der Waals surface area contributed by atoms with Crippen LogP contribution in [0.15, 0.2) is 29.3 Å². The first-order valence-electron chi connectivity index (χ1n) is 5.63. The number of hydrogen-bond acceptors (Lipinski definition) is 5. The van der Waals surface area contributed by atoms with E-state index in [0.29, 0.717) is 10.0 Å². The fourth-order valence-corrected chi connectivity index (χ4v) is 2.15. The molecule has 0 fully saturated rings. The second kappa shape index (κ2) is 5.62. The van der Waals surface area contributed by atoms with Crippen LogP contribution in [0.5, 0.6) is 5.88 Å². The largest absolute Gasteiger partial charge is 0.492 e. The lowest BCUT2D eigenvalue weighted by Crippen LogP contribution is -2.04. The van der Waals surface area contributed by atoms with Gasteiger partial charge in [0.15, 0.2) is 5.13 Å². The second-order valence-corrected chi connectivity index (χ2v) is 5.01. The Bertz CT molecular complexity index is 617. The number of thiazole rings is 1. The van der Waals surface area contributed by atoms with Crippen molar-refractivity contribution in [2.45, 2.75) is 13.8 Å². The zero-order chi connectivity index (χ0) is 13.8. The number of carbonyl (C=O) groups is 1. The Morgan fingerprint density at radius 1 is 1.42 bits per heavy atom. The monoisotopic (exact) mass is 275 g/mol. The molecule has 1 amide bonds. The molecule has 0 aliphatic carbocycles. The molecule has 0 aliphatic heterocycles. The number of aliphatic imine (C=N–C) groups is 1. The van der Waals surface area contributed by atoms with E-state index in [2.05, 4.69) is 15.3 Å². The van der Waals surface area contributed by atoms with Crippen molar-refractivity contribution in [3.8, 4) is 5.88 Å². The lowest BCUT2D eigenvalue weighted by molar-refractivity contribution is -0.114. The smallest absolute Gasteiger partial charge is 0.233 e. The average Bonchev–Trinajstić information content (AvgIpc) is 2.68. The van der Waals surface area contributed by atoms with Crippen molar-refractivity contribution in [1.29, 1.82) is 0 Å². The molecule has 0 spiro atoms. The number of anilines is 1. The summed E-state index contributed by atoms with van der Waals surface area (Å²) in [7, 11) is 0. The van der Waals surface area contributed by atoms with Crippen LogP contribution in [0.4, 0.5) is 10.8 Å². The van der Waals surface area contributed by atoms with Crippen LogP contribution in [0, 0.1) is 6.92 Å². The molecule has 19 heavy (non-hydrogen) atoms. The number of nitrogens with one attached hydrogen (secondary N) is 1. The summed E-state index contributed by atoms with van der Waals surface area (Å²) in [4.78, 5) is 19.5. The zero-order valence-electron chi connectivity index (χ0n) is 10.5. The number of aromatic hydroxyl groups is 1.